The van der Waals surface area contributed by atoms with Crippen LogP contribution in [0.15, 0.2) is 18.2 Å². The van der Waals surface area contributed by atoms with Crippen molar-refractivity contribution < 1.29 is 9.90 Å². The number of hydrogen-bond acceptors (Lipinski definition) is 2. The predicted octanol–water partition coefficient (Wildman–Crippen LogP) is 3.45. The Kier molecular flexibility index (Phi) is 5.67. The standard InChI is InChI=1S/C17H20ClNO2/c1-12-5-4-7-15(12)17(21)19-16-9-8-14(18)11-13(16)6-2-3-10-20/h8-9,11-12,15,20H,3-5,7,10H2,1H3,(H,19,21). The summed E-state index contributed by atoms with van der Waals surface area (Å²) in [5, 5.41) is 12.3. The molecule has 1 fully saturated rings. The Bertz CT molecular complexity index is 574. The molecular weight excluding hydrogens is 286 g/mol. The molecule has 1 aromatic carbocycles. The molecule has 0 radical (unpaired) electrons. The molecule has 0 saturated heterocycles. The minimum Gasteiger partial charge on any atom is -0.395 e. The number of rotatable bonds is 3. The van der Waals surface area contributed by atoms with Gasteiger partial charge < -0.3 is 10.4 Å². The molecule has 2 atom stereocenters. The molecule has 1 aliphatic rings. The molecule has 1 saturated carbocycles. The maximum atomic E-state index is 12.4. The summed E-state index contributed by atoms with van der Waals surface area (Å²) in [4.78, 5) is 12.4. The normalized spacial score (nSPS) is 20.7. The van der Waals surface area contributed by atoms with Crippen molar-refractivity contribution in [3.63, 3.8) is 0 Å². The summed E-state index contributed by atoms with van der Waals surface area (Å²) < 4.78 is 0. The van der Waals surface area contributed by atoms with Gasteiger partial charge in [0, 0.05) is 22.9 Å². The molecule has 0 aromatic heterocycles. The summed E-state index contributed by atoms with van der Waals surface area (Å²) in [5.41, 5.74) is 1.38. The molecule has 2 unspecified atom stereocenters. The zero-order valence-electron chi connectivity index (χ0n) is 12.2. The smallest absolute Gasteiger partial charge is 0.227 e. The van der Waals surface area contributed by atoms with Crippen LogP contribution in [0.5, 0.6) is 0 Å². The zero-order chi connectivity index (χ0) is 15.2. The first kappa shape index (κ1) is 15.9. The Morgan fingerprint density at radius 1 is 1.48 bits per heavy atom. The first-order chi connectivity index (χ1) is 10.1. The van der Waals surface area contributed by atoms with E-state index in [9.17, 15) is 4.79 Å². The molecule has 1 aliphatic carbocycles. The van der Waals surface area contributed by atoms with Crippen molar-refractivity contribution in [3.8, 4) is 11.8 Å². The summed E-state index contributed by atoms with van der Waals surface area (Å²) in [7, 11) is 0. The Balaban J connectivity index is 2.15. The van der Waals surface area contributed by atoms with Gasteiger partial charge in [-0.3, -0.25) is 4.79 Å². The second kappa shape index (κ2) is 7.49. The van der Waals surface area contributed by atoms with Crippen molar-refractivity contribution in [1.82, 2.24) is 0 Å². The lowest BCUT2D eigenvalue weighted by Gasteiger charge is -2.16. The van der Waals surface area contributed by atoms with Crippen LogP contribution in [0.3, 0.4) is 0 Å². The number of aliphatic hydroxyl groups is 1. The maximum Gasteiger partial charge on any atom is 0.227 e. The van der Waals surface area contributed by atoms with Crippen LogP contribution in [-0.4, -0.2) is 17.6 Å². The van der Waals surface area contributed by atoms with E-state index >= 15 is 0 Å². The van der Waals surface area contributed by atoms with Crippen LogP contribution in [0, 0.1) is 23.7 Å². The minimum atomic E-state index is 0.0227. The molecule has 2 N–H and O–H groups in total. The van der Waals surface area contributed by atoms with Crippen LogP contribution in [-0.2, 0) is 4.79 Å². The first-order valence-electron chi connectivity index (χ1n) is 7.32. The van der Waals surface area contributed by atoms with Crippen molar-refractivity contribution >= 4 is 23.2 Å². The number of anilines is 1. The second-order valence-corrected chi connectivity index (χ2v) is 5.91. The number of amides is 1. The highest BCUT2D eigenvalue weighted by Gasteiger charge is 2.29. The first-order valence-corrected chi connectivity index (χ1v) is 7.69. The summed E-state index contributed by atoms with van der Waals surface area (Å²) in [6, 6.07) is 5.26. The fourth-order valence-electron chi connectivity index (χ4n) is 2.70. The van der Waals surface area contributed by atoms with Crippen LogP contribution in [0.2, 0.25) is 5.02 Å². The monoisotopic (exact) mass is 305 g/mol. The van der Waals surface area contributed by atoms with Crippen LogP contribution < -0.4 is 5.32 Å². The third kappa shape index (κ3) is 4.23. The van der Waals surface area contributed by atoms with Gasteiger partial charge in [-0.1, -0.05) is 36.8 Å². The summed E-state index contributed by atoms with van der Waals surface area (Å²) in [5.74, 6) is 6.39. The van der Waals surface area contributed by atoms with E-state index in [4.69, 9.17) is 16.7 Å². The van der Waals surface area contributed by atoms with Gasteiger partial charge in [-0.2, -0.15) is 0 Å². The second-order valence-electron chi connectivity index (χ2n) is 5.47. The van der Waals surface area contributed by atoms with Crippen LogP contribution in [0.4, 0.5) is 5.69 Å². The fraction of sp³-hybridized carbons (Fsp3) is 0.471. The number of aliphatic hydroxyl groups excluding tert-OH is 1. The quantitative estimate of drug-likeness (QED) is 0.840. The van der Waals surface area contributed by atoms with Gasteiger partial charge in [0.25, 0.3) is 0 Å². The number of carbonyl (C=O) groups is 1. The maximum absolute atomic E-state index is 12.4. The van der Waals surface area contributed by atoms with E-state index in [0.717, 1.165) is 19.3 Å². The summed E-state index contributed by atoms with van der Waals surface area (Å²) >= 11 is 5.99. The average molecular weight is 306 g/mol. The molecule has 21 heavy (non-hydrogen) atoms. The molecule has 1 amide bonds. The molecule has 0 bridgehead atoms. The van der Waals surface area contributed by atoms with E-state index in [1.54, 1.807) is 18.2 Å². The molecule has 0 spiro atoms. The highest BCUT2D eigenvalue weighted by molar-refractivity contribution is 6.30. The summed E-state index contributed by atoms with van der Waals surface area (Å²) in [6.45, 7) is 2.15. The largest absolute Gasteiger partial charge is 0.395 e. The van der Waals surface area contributed by atoms with Crippen molar-refractivity contribution in [3.05, 3.63) is 28.8 Å². The molecule has 0 heterocycles. The molecule has 3 nitrogen and oxygen atoms in total. The van der Waals surface area contributed by atoms with Gasteiger partial charge in [0.2, 0.25) is 5.91 Å². The van der Waals surface area contributed by atoms with Gasteiger partial charge in [-0.05, 0) is 37.0 Å². The number of hydrogen-bond donors (Lipinski definition) is 2. The zero-order valence-corrected chi connectivity index (χ0v) is 12.9. The van der Waals surface area contributed by atoms with Crippen LogP contribution in [0.25, 0.3) is 0 Å². The van der Waals surface area contributed by atoms with Crippen LogP contribution in [0.1, 0.15) is 38.2 Å². The van der Waals surface area contributed by atoms with E-state index in [-0.39, 0.29) is 18.4 Å². The lowest BCUT2D eigenvalue weighted by Crippen LogP contribution is -2.24. The lowest BCUT2D eigenvalue weighted by molar-refractivity contribution is -0.120. The van der Waals surface area contributed by atoms with Gasteiger partial charge in [-0.25, -0.2) is 0 Å². The predicted molar refractivity (Wildman–Crippen MR) is 85.2 cm³/mol. The Morgan fingerprint density at radius 3 is 2.95 bits per heavy atom. The lowest BCUT2D eigenvalue weighted by atomic mass is 9.97. The van der Waals surface area contributed by atoms with E-state index < -0.39 is 0 Å². The topological polar surface area (TPSA) is 49.3 Å². The number of halogens is 1. The molecule has 112 valence electrons. The Labute approximate surface area is 130 Å². The molecule has 2 rings (SSSR count). The molecule has 0 aliphatic heterocycles. The molecule has 1 aromatic rings. The van der Waals surface area contributed by atoms with Gasteiger partial charge in [-0.15, -0.1) is 0 Å². The number of nitrogens with one attached hydrogen (secondary N) is 1. The SMILES string of the molecule is CC1CCCC1C(=O)Nc1ccc(Cl)cc1C#CCCO. The third-order valence-corrected chi connectivity index (χ3v) is 4.13. The van der Waals surface area contributed by atoms with E-state index in [0.29, 0.717) is 28.6 Å². The summed E-state index contributed by atoms with van der Waals surface area (Å²) in [6.07, 6.45) is 3.58. The van der Waals surface area contributed by atoms with Crippen molar-refractivity contribution in [2.45, 2.75) is 32.6 Å². The molecular formula is C17H20ClNO2. The Morgan fingerprint density at radius 2 is 2.29 bits per heavy atom. The van der Waals surface area contributed by atoms with Gasteiger partial charge in [0.05, 0.1) is 12.3 Å². The highest BCUT2D eigenvalue weighted by Crippen LogP contribution is 2.32. The third-order valence-electron chi connectivity index (χ3n) is 3.90. The van der Waals surface area contributed by atoms with E-state index in [1.165, 1.54) is 0 Å². The Hall–Kier alpha value is -1.50. The van der Waals surface area contributed by atoms with Gasteiger partial charge >= 0.3 is 0 Å². The minimum absolute atomic E-state index is 0.0227. The highest BCUT2D eigenvalue weighted by atomic mass is 35.5. The van der Waals surface area contributed by atoms with Crippen molar-refractivity contribution in [2.75, 3.05) is 11.9 Å². The number of carbonyl (C=O) groups excluding carboxylic acids is 1. The van der Waals surface area contributed by atoms with E-state index in [2.05, 4.69) is 24.1 Å². The van der Waals surface area contributed by atoms with Crippen molar-refractivity contribution in [2.24, 2.45) is 11.8 Å². The fourth-order valence-corrected chi connectivity index (χ4v) is 2.87. The molecule has 4 heteroatoms. The van der Waals surface area contributed by atoms with Gasteiger partial charge in [0.15, 0.2) is 0 Å². The van der Waals surface area contributed by atoms with Crippen molar-refractivity contribution in [1.29, 1.82) is 0 Å². The number of benzene rings is 1. The average Bonchev–Trinajstić information content (AvgIpc) is 2.88. The van der Waals surface area contributed by atoms with Crippen LogP contribution >= 0.6 is 11.6 Å². The van der Waals surface area contributed by atoms with Gasteiger partial charge in [0.1, 0.15) is 0 Å². The van der Waals surface area contributed by atoms with E-state index in [1.807, 2.05) is 0 Å².